The fraction of sp³-hybridized carbons (Fsp3) is 0.214. The topological polar surface area (TPSA) is 98.7 Å². The van der Waals surface area contributed by atoms with Crippen LogP contribution in [-0.4, -0.2) is 31.7 Å². The highest BCUT2D eigenvalue weighted by Crippen LogP contribution is 2.53. The Morgan fingerprint density at radius 2 is 1.38 bits per heavy atom. The predicted molar refractivity (Wildman–Crippen MR) is 150 cm³/mol. The fourth-order valence-corrected chi connectivity index (χ4v) is 5.95. The zero-order valence-corrected chi connectivity index (χ0v) is 23.7. The first-order valence-corrected chi connectivity index (χ1v) is 15.7. The number of hydrogen-bond acceptors (Lipinski definition) is 7. The summed E-state index contributed by atoms with van der Waals surface area (Å²) in [4.78, 5) is 9.13. The number of nitrogens with zero attached hydrogens (tertiary/aromatic N) is 3. The normalized spacial score (nSPS) is 11.8. The van der Waals surface area contributed by atoms with Gasteiger partial charge in [-0.25, -0.2) is 31.6 Å². The van der Waals surface area contributed by atoms with Crippen molar-refractivity contribution in [2.24, 2.45) is 0 Å². The van der Waals surface area contributed by atoms with E-state index in [1.54, 1.807) is 48.5 Å². The first-order valence-electron chi connectivity index (χ1n) is 12.1. The molecule has 11 heteroatoms. The molecule has 0 aliphatic rings. The van der Waals surface area contributed by atoms with Crippen LogP contribution in [0.5, 0.6) is 11.5 Å². The molecule has 0 aliphatic heterocycles. The van der Waals surface area contributed by atoms with Crippen LogP contribution in [0.3, 0.4) is 0 Å². The van der Waals surface area contributed by atoms with Crippen molar-refractivity contribution in [1.82, 2.24) is 9.97 Å². The van der Waals surface area contributed by atoms with Crippen LogP contribution in [0.2, 0.25) is 0 Å². The van der Waals surface area contributed by atoms with Crippen molar-refractivity contribution < 1.29 is 26.4 Å². The lowest BCUT2D eigenvalue weighted by atomic mass is 9.99. The second-order valence-electron chi connectivity index (χ2n) is 9.21. The van der Waals surface area contributed by atoms with E-state index in [0.717, 1.165) is 10.6 Å². The monoisotopic (exact) mass is 569 g/mol. The predicted octanol–water partition coefficient (Wildman–Crippen LogP) is 6.65. The summed E-state index contributed by atoms with van der Waals surface area (Å²) < 4.78 is 65.9. The highest BCUT2D eigenvalue weighted by Gasteiger charge is 2.34. The third-order valence-electron chi connectivity index (χ3n) is 5.80. The van der Waals surface area contributed by atoms with Crippen molar-refractivity contribution in [2.45, 2.75) is 25.9 Å². The standard InChI is InChI=1S/C28H29FN3O5PS/c1-20(2)26-25(19-38(33,36-23-11-7-5-8-12-23)37-24-13-9-6-10-14-24)27(21-15-17-22(29)18-16-21)31-28(30-26)32(3)39(4,34)35/h5-18,20H,19H2,1-4H3. The Kier molecular flexibility index (Phi) is 8.37. The molecule has 0 bridgehead atoms. The summed E-state index contributed by atoms with van der Waals surface area (Å²) in [7, 11) is -6.30. The molecule has 39 heavy (non-hydrogen) atoms. The summed E-state index contributed by atoms with van der Waals surface area (Å²) >= 11 is 0. The summed E-state index contributed by atoms with van der Waals surface area (Å²) in [5, 5.41) is 0. The summed E-state index contributed by atoms with van der Waals surface area (Å²) in [6.45, 7) is 3.76. The molecule has 1 aromatic heterocycles. The maximum absolute atomic E-state index is 14.4. The summed E-state index contributed by atoms with van der Waals surface area (Å²) in [6, 6.07) is 22.9. The van der Waals surface area contributed by atoms with Crippen molar-refractivity contribution in [1.29, 1.82) is 0 Å². The van der Waals surface area contributed by atoms with Crippen LogP contribution in [0.4, 0.5) is 10.3 Å². The van der Waals surface area contributed by atoms with Gasteiger partial charge in [0.05, 0.1) is 17.6 Å². The van der Waals surface area contributed by atoms with Crippen LogP contribution in [0.25, 0.3) is 11.3 Å². The second kappa shape index (κ2) is 11.6. The van der Waals surface area contributed by atoms with Gasteiger partial charge in [0.25, 0.3) is 0 Å². The molecule has 0 atom stereocenters. The van der Waals surface area contributed by atoms with Gasteiger partial charge in [-0.3, -0.25) is 0 Å². The molecule has 1 heterocycles. The first-order chi connectivity index (χ1) is 18.4. The van der Waals surface area contributed by atoms with Gasteiger partial charge in [0.15, 0.2) is 0 Å². The third-order valence-corrected chi connectivity index (χ3v) is 8.64. The number of aromatic nitrogens is 2. The molecule has 8 nitrogen and oxygen atoms in total. The zero-order chi connectivity index (χ0) is 28.2. The van der Waals surface area contributed by atoms with E-state index in [0.29, 0.717) is 34.0 Å². The molecule has 204 valence electrons. The van der Waals surface area contributed by atoms with Gasteiger partial charge >= 0.3 is 7.60 Å². The molecular weight excluding hydrogens is 540 g/mol. The quantitative estimate of drug-likeness (QED) is 0.197. The maximum atomic E-state index is 14.4. The summed E-state index contributed by atoms with van der Waals surface area (Å²) in [6.07, 6.45) is 0.812. The molecule has 0 aliphatic carbocycles. The molecule has 0 N–H and O–H groups in total. The van der Waals surface area contributed by atoms with Crippen LogP contribution in [0.15, 0.2) is 84.9 Å². The first kappa shape index (κ1) is 28.3. The number of benzene rings is 3. The largest absolute Gasteiger partial charge is 0.435 e. The van der Waals surface area contributed by atoms with Gasteiger partial charge in [0.2, 0.25) is 16.0 Å². The van der Waals surface area contributed by atoms with Gasteiger partial charge in [-0.2, -0.15) is 0 Å². The fourth-order valence-electron chi connectivity index (χ4n) is 3.82. The van der Waals surface area contributed by atoms with Crippen molar-refractivity contribution >= 4 is 23.6 Å². The molecule has 3 aromatic carbocycles. The zero-order valence-electron chi connectivity index (χ0n) is 22.0. The van der Waals surface area contributed by atoms with E-state index >= 15 is 0 Å². The van der Waals surface area contributed by atoms with E-state index in [-0.39, 0.29) is 18.0 Å². The molecule has 0 saturated carbocycles. The van der Waals surface area contributed by atoms with Gasteiger partial charge in [-0.05, 0) is 54.4 Å². The van der Waals surface area contributed by atoms with Crippen molar-refractivity contribution in [3.05, 3.63) is 102 Å². The Balaban J connectivity index is 1.92. The summed E-state index contributed by atoms with van der Waals surface area (Å²) in [5.74, 6) is -0.0404. The van der Waals surface area contributed by atoms with E-state index in [1.807, 2.05) is 26.0 Å². The Hall–Kier alpha value is -3.75. The van der Waals surface area contributed by atoms with E-state index in [1.165, 1.54) is 31.3 Å². The van der Waals surface area contributed by atoms with Crippen LogP contribution in [0, 0.1) is 5.82 Å². The highest BCUT2D eigenvalue weighted by atomic mass is 32.2. The Bertz CT molecular complexity index is 1540. The molecule has 0 saturated heterocycles. The average Bonchev–Trinajstić information content (AvgIpc) is 2.89. The average molecular weight is 570 g/mol. The SMILES string of the molecule is CC(C)c1nc(N(C)S(C)(=O)=O)nc(-c2ccc(F)cc2)c1CP(=O)(Oc1ccccc1)Oc1ccccc1. The van der Waals surface area contributed by atoms with Gasteiger partial charge < -0.3 is 9.05 Å². The lowest BCUT2D eigenvalue weighted by molar-refractivity contribution is 0.384. The van der Waals surface area contributed by atoms with E-state index < -0.39 is 23.4 Å². The maximum Gasteiger partial charge on any atom is 0.435 e. The van der Waals surface area contributed by atoms with Crippen molar-refractivity contribution in [3.8, 4) is 22.8 Å². The minimum Gasteiger partial charge on any atom is -0.416 e. The molecule has 4 aromatic rings. The molecule has 4 rings (SSSR count). The van der Waals surface area contributed by atoms with Crippen LogP contribution >= 0.6 is 7.60 Å². The number of para-hydroxylation sites is 2. The molecule has 0 radical (unpaired) electrons. The van der Waals surface area contributed by atoms with E-state index in [4.69, 9.17) is 9.05 Å². The second-order valence-corrected chi connectivity index (χ2v) is 13.1. The van der Waals surface area contributed by atoms with Gasteiger partial charge in [-0.1, -0.05) is 50.2 Å². The van der Waals surface area contributed by atoms with Crippen molar-refractivity contribution in [3.63, 3.8) is 0 Å². The highest BCUT2D eigenvalue weighted by molar-refractivity contribution is 7.92. The van der Waals surface area contributed by atoms with Crippen LogP contribution in [-0.2, 0) is 20.8 Å². The molecule has 0 spiro atoms. The molecule has 0 amide bonds. The number of hydrogen-bond donors (Lipinski definition) is 0. The van der Waals surface area contributed by atoms with Crippen LogP contribution in [0.1, 0.15) is 31.0 Å². The minimum absolute atomic E-state index is 0.0629. The number of halogens is 1. The Labute approximate surface area is 228 Å². The number of anilines is 1. The molecule has 0 fully saturated rings. The van der Waals surface area contributed by atoms with E-state index in [9.17, 15) is 17.4 Å². The third kappa shape index (κ3) is 7.02. The number of rotatable bonds is 10. The molecular formula is C28H29FN3O5PS. The lowest BCUT2D eigenvalue weighted by Gasteiger charge is -2.25. The van der Waals surface area contributed by atoms with Crippen LogP contribution < -0.4 is 13.4 Å². The van der Waals surface area contributed by atoms with Gasteiger partial charge in [0.1, 0.15) is 23.5 Å². The van der Waals surface area contributed by atoms with Gasteiger partial charge in [-0.15, -0.1) is 0 Å². The minimum atomic E-state index is -3.97. The Morgan fingerprint density at radius 3 is 1.85 bits per heavy atom. The lowest BCUT2D eigenvalue weighted by Crippen LogP contribution is -2.28. The number of sulfonamides is 1. The summed E-state index contributed by atoms with van der Waals surface area (Å²) in [5.41, 5.74) is 1.69. The smallest absolute Gasteiger partial charge is 0.416 e. The van der Waals surface area contributed by atoms with E-state index in [2.05, 4.69) is 9.97 Å². The Morgan fingerprint density at radius 1 is 0.872 bits per heavy atom. The van der Waals surface area contributed by atoms with Crippen molar-refractivity contribution in [2.75, 3.05) is 17.6 Å². The van der Waals surface area contributed by atoms with Gasteiger partial charge in [0, 0.05) is 18.2 Å². The molecule has 0 unspecified atom stereocenters.